The van der Waals surface area contributed by atoms with Crippen LogP contribution in [0.2, 0.25) is 0 Å². The third kappa shape index (κ3) is 3.21. The van der Waals surface area contributed by atoms with Crippen molar-refractivity contribution in [2.45, 2.75) is 12.5 Å². The summed E-state index contributed by atoms with van der Waals surface area (Å²) in [5.74, 6) is 0.814. The van der Waals surface area contributed by atoms with Crippen LogP contribution in [-0.2, 0) is 0 Å². The van der Waals surface area contributed by atoms with Gasteiger partial charge in [0.1, 0.15) is 11.6 Å². The highest BCUT2D eigenvalue weighted by atomic mass is 19.1. The standard InChI is InChI=1S/C19H18FN5/c20-16-4-2-1-3-15(16)19-23-17(13-5-8-22-9-6-13)11-18(24-19)25-10-7-14(21)12-25/h1-6,8-9,11,14H,7,10,12,21H2. The molecule has 25 heavy (non-hydrogen) atoms. The molecular weight excluding hydrogens is 317 g/mol. The Morgan fingerprint density at radius 3 is 2.60 bits per heavy atom. The molecule has 1 saturated heterocycles. The maximum atomic E-state index is 14.3. The molecule has 2 N–H and O–H groups in total. The lowest BCUT2D eigenvalue weighted by Gasteiger charge is -2.19. The Hall–Kier alpha value is -2.86. The highest BCUT2D eigenvalue weighted by Gasteiger charge is 2.22. The van der Waals surface area contributed by atoms with Gasteiger partial charge in [-0.05, 0) is 30.7 Å². The van der Waals surface area contributed by atoms with Crippen LogP contribution in [0, 0.1) is 5.82 Å². The monoisotopic (exact) mass is 335 g/mol. The van der Waals surface area contributed by atoms with Gasteiger partial charge in [-0.1, -0.05) is 12.1 Å². The molecule has 126 valence electrons. The fraction of sp³-hybridized carbons (Fsp3) is 0.211. The van der Waals surface area contributed by atoms with Crippen molar-refractivity contribution in [2.75, 3.05) is 18.0 Å². The van der Waals surface area contributed by atoms with Crippen molar-refractivity contribution in [1.82, 2.24) is 15.0 Å². The van der Waals surface area contributed by atoms with Gasteiger partial charge in [-0.15, -0.1) is 0 Å². The maximum absolute atomic E-state index is 14.3. The Balaban J connectivity index is 1.85. The predicted octanol–water partition coefficient (Wildman–Crippen LogP) is 2.88. The Labute approximate surface area is 145 Å². The molecule has 1 aliphatic rings. The first-order valence-corrected chi connectivity index (χ1v) is 8.25. The normalized spacial score (nSPS) is 17.0. The lowest BCUT2D eigenvalue weighted by molar-refractivity contribution is 0.630. The average Bonchev–Trinajstić information content (AvgIpc) is 3.09. The van der Waals surface area contributed by atoms with Crippen LogP contribution in [0.1, 0.15) is 6.42 Å². The van der Waals surface area contributed by atoms with E-state index in [9.17, 15) is 4.39 Å². The lowest BCUT2D eigenvalue weighted by atomic mass is 10.1. The summed E-state index contributed by atoms with van der Waals surface area (Å²) in [6, 6.07) is 12.4. The van der Waals surface area contributed by atoms with E-state index in [1.165, 1.54) is 6.07 Å². The molecule has 2 aromatic heterocycles. The Morgan fingerprint density at radius 1 is 1.08 bits per heavy atom. The van der Waals surface area contributed by atoms with Gasteiger partial charge in [-0.25, -0.2) is 14.4 Å². The number of hydrogen-bond donors (Lipinski definition) is 1. The molecule has 0 radical (unpaired) electrons. The molecule has 3 heterocycles. The predicted molar refractivity (Wildman–Crippen MR) is 95.5 cm³/mol. The Bertz CT molecular complexity index is 884. The van der Waals surface area contributed by atoms with E-state index >= 15 is 0 Å². The Kier molecular flexibility index (Phi) is 4.11. The number of pyridine rings is 1. The van der Waals surface area contributed by atoms with Crippen LogP contribution >= 0.6 is 0 Å². The van der Waals surface area contributed by atoms with Crippen molar-refractivity contribution >= 4 is 5.82 Å². The molecule has 5 nitrogen and oxygen atoms in total. The van der Waals surface area contributed by atoms with E-state index in [4.69, 9.17) is 5.73 Å². The quantitative estimate of drug-likeness (QED) is 0.797. The van der Waals surface area contributed by atoms with Crippen LogP contribution in [0.5, 0.6) is 0 Å². The SMILES string of the molecule is NC1CCN(c2cc(-c3ccncc3)nc(-c3ccccc3F)n2)C1. The zero-order chi connectivity index (χ0) is 17.2. The molecule has 6 heteroatoms. The average molecular weight is 335 g/mol. The van der Waals surface area contributed by atoms with E-state index in [2.05, 4.69) is 19.9 Å². The molecule has 1 unspecified atom stereocenters. The van der Waals surface area contributed by atoms with E-state index in [0.717, 1.165) is 36.6 Å². The van der Waals surface area contributed by atoms with Crippen LogP contribution < -0.4 is 10.6 Å². The number of aromatic nitrogens is 3. The summed E-state index contributed by atoms with van der Waals surface area (Å²) in [4.78, 5) is 15.4. The van der Waals surface area contributed by atoms with Crippen LogP contribution in [0.25, 0.3) is 22.6 Å². The second kappa shape index (κ2) is 6.57. The van der Waals surface area contributed by atoms with Gasteiger partial charge in [0, 0.05) is 43.2 Å². The van der Waals surface area contributed by atoms with Crippen molar-refractivity contribution in [3.63, 3.8) is 0 Å². The van der Waals surface area contributed by atoms with Gasteiger partial charge in [0.15, 0.2) is 5.82 Å². The molecule has 4 rings (SSSR count). The van der Waals surface area contributed by atoms with E-state index in [1.54, 1.807) is 30.6 Å². The molecule has 3 aromatic rings. The molecule has 0 aliphatic carbocycles. The van der Waals surface area contributed by atoms with Gasteiger partial charge in [0.05, 0.1) is 11.3 Å². The minimum Gasteiger partial charge on any atom is -0.355 e. The minimum absolute atomic E-state index is 0.135. The molecule has 0 amide bonds. The zero-order valence-electron chi connectivity index (χ0n) is 13.6. The largest absolute Gasteiger partial charge is 0.355 e. The summed E-state index contributed by atoms with van der Waals surface area (Å²) in [6.07, 6.45) is 4.35. The first kappa shape index (κ1) is 15.7. The van der Waals surface area contributed by atoms with E-state index < -0.39 is 0 Å². The molecule has 1 atom stereocenters. The summed E-state index contributed by atoms with van der Waals surface area (Å²) < 4.78 is 14.3. The molecular formula is C19H18FN5. The molecule has 1 fully saturated rings. The van der Waals surface area contributed by atoms with E-state index in [1.807, 2.05) is 18.2 Å². The second-order valence-electron chi connectivity index (χ2n) is 6.15. The number of nitrogens with zero attached hydrogens (tertiary/aromatic N) is 4. The van der Waals surface area contributed by atoms with Crippen LogP contribution in [0.3, 0.4) is 0 Å². The van der Waals surface area contributed by atoms with Crippen molar-refractivity contribution in [2.24, 2.45) is 5.73 Å². The zero-order valence-corrected chi connectivity index (χ0v) is 13.6. The summed E-state index contributed by atoms with van der Waals surface area (Å²) in [5, 5.41) is 0. The summed E-state index contributed by atoms with van der Waals surface area (Å²) in [6.45, 7) is 1.58. The smallest absolute Gasteiger partial charge is 0.165 e. The van der Waals surface area contributed by atoms with E-state index in [0.29, 0.717) is 11.4 Å². The fourth-order valence-electron chi connectivity index (χ4n) is 3.03. The van der Waals surface area contributed by atoms with Gasteiger partial charge < -0.3 is 10.6 Å². The Morgan fingerprint density at radius 2 is 1.88 bits per heavy atom. The van der Waals surface area contributed by atoms with Crippen LogP contribution in [-0.4, -0.2) is 34.1 Å². The number of benzene rings is 1. The third-order valence-electron chi connectivity index (χ3n) is 4.35. The number of halogens is 1. The summed E-state index contributed by atoms with van der Waals surface area (Å²) in [7, 11) is 0. The van der Waals surface area contributed by atoms with Gasteiger partial charge in [0.25, 0.3) is 0 Å². The molecule has 0 spiro atoms. The first-order chi connectivity index (χ1) is 12.2. The third-order valence-corrected chi connectivity index (χ3v) is 4.35. The number of anilines is 1. The van der Waals surface area contributed by atoms with Gasteiger partial charge >= 0.3 is 0 Å². The number of hydrogen-bond acceptors (Lipinski definition) is 5. The highest BCUT2D eigenvalue weighted by molar-refractivity contribution is 5.68. The fourth-order valence-corrected chi connectivity index (χ4v) is 3.03. The van der Waals surface area contributed by atoms with Crippen molar-refractivity contribution < 1.29 is 4.39 Å². The van der Waals surface area contributed by atoms with Crippen molar-refractivity contribution in [3.05, 3.63) is 60.7 Å². The number of nitrogens with two attached hydrogens (primary N) is 1. The van der Waals surface area contributed by atoms with Crippen LogP contribution in [0.15, 0.2) is 54.9 Å². The minimum atomic E-state index is -0.335. The van der Waals surface area contributed by atoms with Crippen molar-refractivity contribution in [1.29, 1.82) is 0 Å². The second-order valence-corrected chi connectivity index (χ2v) is 6.15. The van der Waals surface area contributed by atoms with Gasteiger partial charge in [0.2, 0.25) is 0 Å². The molecule has 1 aliphatic heterocycles. The van der Waals surface area contributed by atoms with Crippen molar-refractivity contribution in [3.8, 4) is 22.6 Å². The summed E-state index contributed by atoms with van der Waals surface area (Å²) in [5.41, 5.74) is 8.08. The number of rotatable bonds is 3. The van der Waals surface area contributed by atoms with Crippen LogP contribution in [0.4, 0.5) is 10.2 Å². The van der Waals surface area contributed by atoms with Gasteiger partial charge in [-0.3, -0.25) is 4.98 Å². The lowest BCUT2D eigenvalue weighted by Crippen LogP contribution is -2.27. The highest BCUT2D eigenvalue weighted by Crippen LogP contribution is 2.28. The topological polar surface area (TPSA) is 67.9 Å². The van der Waals surface area contributed by atoms with Gasteiger partial charge in [-0.2, -0.15) is 0 Å². The summed E-state index contributed by atoms with van der Waals surface area (Å²) >= 11 is 0. The first-order valence-electron chi connectivity index (χ1n) is 8.25. The molecule has 1 aromatic carbocycles. The maximum Gasteiger partial charge on any atom is 0.165 e. The molecule has 0 saturated carbocycles. The van der Waals surface area contributed by atoms with E-state index in [-0.39, 0.29) is 11.9 Å². The molecule has 0 bridgehead atoms.